The zero-order valence-electron chi connectivity index (χ0n) is 11.7. The minimum atomic E-state index is -1.05. The van der Waals surface area contributed by atoms with Crippen molar-refractivity contribution in [1.82, 2.24) is 10.6 Å². The molecule has 0 saturated heterocycles. The van der Waals surface area contributed by atoms with Crippen LogP contribution in [0.15, 0.2) is 18.2 Å². The highest BCUT2D eigenvalue weighted by Crippen LogP contribution is 2.17. The van der Waals surface area contributed by atoms with Crippen LogP contribution in [0.4, 0.5) is 4.39 Å². The molecule has 110 valence electrons. The largest absolute Gasteiger partial charge is 0.480 e. The standard InChI is InChI=1S/C14H19FN2O3/c1-8-6-11(4-5-12(8)15)13(14(19)20)16-7-9(2)17-10(3)18/h4-6,9,13,16H,7H2,1-3H3,(H,17,18)(H,19,20). The molecule has 2 unspecified atom stereocenters. The van der Waals surface area contributed by atoms with Crippen LogP contribution in [-0.4, -0.2) is 29.6 Å². The van der Waals surface area contributed by atoms with Crippen LogP contribution in [0.2, 0.25) is 0 Å². The van der Waals surface area contributed by atoms with Gasteiger partial charge >= 0.3 is 5.97 Å². The Hall–Kier alpha value is -1.95. The van der Waals surface area contributed by atoms with E-state index in [2.05, 4.69) is 10.6 Å². The number of halogens is 1. The lowest BCUT2D eigenvalue weighted by atomic mass is 10.0. The first-order valence-electron chi connectivity index (χ1n) is 6.30. The summed E-state index contributed by atoms with van der Waals surface area (Å²) in [6.45, 7) is 5.04. The van der Waals surface area contributed by atoms with Gasteiger partial charge in [0.15, 0.2) is 0 Å². The second kappa shape index (κ2) is 7.00. The Morgan fingerprint density at radius 1 is 1.40 bits per heavy atom. The molecule has 0 saturated carbocycles. The van der Waals surface area contributed by atoms with Crippen molar-refractivity contribution in [3.05, 3.63) is 35.1 Å². The van der Waals surface area contributed by atoms with Gasteiger partial charge in [0.2, 0.25) is 5.91 Å². The Labute approximate surface area is 117 Å². The molecule has 0 aromatic heterocycles. The van der Waals surface area contributed by atoms with Crippen molar-refractivity contribution >= 4 is 11.9 Å². The zero-order chi connectivity index (χ0) is 15.3. The Morgan fingerprint density at radius 2 is 2.05 bits per heavy atom. The van der Waals surface area contributed by atoms with Crippen LogP contribution in [-0.2, 0) is 9.59 Å². The summed E-state index contributed by atoms with van der Waals surface area (Å²) in [6, 6.07) is 3.06. The molecule has 0 radical (unpaired) electrons. The van der Waals surface area contributed by atoms with E-state index in [0.717, 1.165) is 0 Å². The van der Waals surface area contributed by atoms with E-state index in [1.165, 1.54) is 25.1 Å². The average Bonchev–Trinajstić information content (AvgIpc) is 2.32. The van der Waals surface area contributed by atoms with Gasteiger partial charge in [-0.2, -0.15) is 0 Å². The van der Waals surface area contributed by atoms with Crippen molar-refractivity contribution in [3.8, 4) is 0 Å². The monoisotopic (exact) mass is 282 g/mol. The molecule has 2 atom stereocenters. The molecule has 1 aromatic carbocycles. The number of hydrogen-bond acceptors (Lipinski definition) is 3. The fourth-order valence-electron chi connectivity index (χ4n) is 1.89. The number of carbonyl (C=O) groups is 2. The predicted octanol–water partition coefficient (Wildman–Crippen LogP) is 1.37. The van der Waals surface area contributed by atoms with Gasteiger partial charge in [-0.05, 0) is 31.0 Å². The summed E-state index contributed by atoms with van der Waals surface area (Å²) in [6.07, 6.45) is 0. The van der Waals surface area contributed by atoms with Crippen LogP contribution in [0.5, 0.6) is 0 Å². The molecule has 0 aliphatic rings. The number of benzene rings is 1. The number of carboxylic acids is 1. The Kier molecular flexibility index (Phi) is 5.64. The minimum absolute atomic E-state index is 0.177. The van der Waals surface area contributed by atoms with E-state index in [-0.39, 0.29) is 17.8 Å². The molecule has 0 fully saturated rings. The van der Waals surface area contributed by atoms with Crippen LogP contribution in [0.1, 0.15) is 31.0 Å². The minimum Gasteiger partial charge on any atom is -0.480 e. The Morgan fingerprint density at radius 3 is 2.55 bits per heavy atom. The Bertz CT molecular complexity index is 505. The predicted molar refractivity (Wildman–Crippen MR) is 72.8 cm³/mol. The molecule has 0 spiro atoms. The topological polar surface area (TPSA) is 78.4 Å². The summed E-state index contributed by atoms with van der Waals surface area (Å²) in [7, 11) is 0. The highest BCUT2D eigenvalue weighted by molar-refractivity contribution is 5.75. The average molecular weight is 282 g/mol. The molecule has 0 aliphatic carbocycles. The first kappa shape index (κ1) is 16.1. The molecule has 1 amide bonds. The van der Waals surface area contributed by atoms with Gasteiger partial charge in [0, 0.05) is 19.5 Å². The second-order valence-corrected chi connectivity index (χ2v) is 4.79. The summed E-state index contributed by atoms with van der Waals surface area (Å²) in [5.74, 6) is -1.60. The summed E-state index contributed by atoms with van der Waals surface area (Å²) in [4.78, 5) is 22.2. The van der Waals surface area contributed by atoms with Gasteiger partial charge in [-0.1, -0.05) is 12.1 Å². The van der Waals surface area contributed by atoms with Crippen LogP contribution in [0.25, 0.3) is 0 Å². The molecule has 0 heterocycles. The normalized spacial score (nSPS) is 13.6. The summed E-state index contributed by atoms with van der Waals surface area (Å²) < 4.78 is 13.2. The van der Waals surface area contributed by atoms with Crippen LogP contribution >= 0.6 is 0 Å². The number of aliphatic carboxylic acids is 1. The number of aryl methyl sites for hydroxylation is 1. The van der Waals surface area contributed by atoms with Crippen LogP contribution in [0.3, 0.4) is 0 Å². The second-order valence-electron chi connectivity index (χ2n) is 4.79. The third-order valence-corrected chi connectivity index (χ3v) is 2.84. The number of hydrogen-bond donors (Lipinski definition) is 3. The summed E-state index contributed by atoms with van der Waals surface area (Å²) in [5, 5.41) is 14.7. The summed E-state index contributed by atoms with van der Waals surface area (Å²) in [5.41, 5.74) is 0.872. The van der Waals surface area contributed by atoms with Gasteiger partial charge in [-0.25, -0.2) is 4.39 Å². The molecule has 5 nitrogen and oxygen atoms in total. The molecule has 6 heteroatoms. The van der Waals surface area contributed by atoms with Gasteiger partial charge in [-0.3, -0.25) is 14.9 Å². The lowest BCUT2D eigenvalue weighted by Crippen LogP contribution is -2.41. The highest BCUT2D eigenvalue weighted by Gasteiger charge is 2.20. The van der Waals surface area contributed by atoms with Crippen molar-refractivity contribution in [2.75, 3.05) is 6.54 Å². The number of nitrogens with one attached hydrogen (secondary N) is 2. The van der Waals surface area contributed by atoms with E-state index in [4.69, 9.17) is 0 Å². The van der Waals surface area contributed by atoms with E-state index in [9.17, 15) is 19.1 Å². The number of carbonyl (C=O) groups excluding carboxylic acids is 1. The number of rotatable bonds is 6. The smallest absolute Gasteiger partial charge is 0.325 e. The summed E-state index contributed by atoms with van der Waals surface area (Å²) >= 11 is 0. The SMILES string of the molecule is CC(=O)NC(C)CNC(C(=O)O)c1ccc(F)c(C)c1. The molecule has 1 rings (SSSR count). The highest BCUT2D eigenvalue weighted by atomic mass is 19.1. The van der Waals surface area contributed by atoms with Crippen molar-refractivity contribution < 1.29 is 19.1 Å². The van der Waals surface area contributed by atoms with E-state index >= 15 is 0 Å². The first-order chi connectivity index (χ1) is 9.31. The van der Waals surface area contributed by atoms with Crippen LogP contribution < -0.4 is 10.6 Å². The van der Waals surface area contributed by atoms with Crippen molar-refractivity contribution in [2.45, 2.75) is 32.9 Å². The molecule has 1 aromatic rings. The third-order valence-electron chi connectivity index (χ3n) is 2.84. The van der Waals surface area contributed by atoms with Crippen molar-refractivity contribution in [2.24, 2.45) is 0 Å². The Balaban J connectivity index is 2.76. The first-order valence-corrected chi connectivity index (χ1v) is 6.30. The maximum Gasteiger partial charge on any atom is 0.325 e. The van der Waals surface area contributed by atoms with E-state index < -0.39 is 12.0 Å². The maximum absolute atomic E-state index is 13.2. The van der Waals surface area contributed by atoms with E-state index in [1.807, 2.05) is 0 Å². The van der Waals surface area contributed by atoms with Crippen molar-refractivity contribution in [3.63, 3.8) is 0 Å². The number of amides is 1. The van der Waals surface area contributed by atoms with Gasteiger partial charge in [0.1, 0.15) is 11.9 Å². The molecule has 3 N–H and O–H groups in total. The van der Waals surface area contributed by atoms with Gasteiger partial charge < -0.3 is 10.4 Å². The quantitative estimate of drug-likeness (QED) is 0.736. The molecular weight excluding hydrogens is 263 g/mol. The fraction of sp³-hybridized carbons (Fsp3) is 0.429. The van der Waals surface area contributed by atoms with Crippen LogP contribution in [0, 0.1) is 12.7 Å². The van der Waals surface area contributed by atoms with Gasteiger partial charge in [0.25, 0.3) is 0 Å². The van der Waals surface area contributed by atoms with Gasteiger partial charge in [0.05, 0.1) is 0 Å². The molecule has 0 aliphatic heterocycles. The van der Waals surface area contributed by atoms with Gasteiger partial charge in [-0.15, -0.1) is 0 Å². The lowest BCUT2D eigenvalue weighted by molar-refractivity contribution is -0.139. The van der Waals surface area contributed by atoms with E-state index in [0.29, 0.717) is 17.7 Å². The lowest BCUT2D eigenvalue weighted by Gasteiger charge is -2.19. The molecular formula is C14H19FN2O3. The zero-order valence-corrected chi connectivity index (χ0v) is 11.7. The van der Waals surface area contributed by atoms with E-state index in [1.54, 1.807) is 13.8 Å². The third kappa shape index (κ3) is 4.62. The maximum atomic E-state index is 13.2. The molecule has 0 bridgehead atoms. The number of carboxylic acid groups (broad SMARTS) is 1. The fourth-order valence-corrected chi connectivity index (χ4v) is 1.89. The molecule has 20 heavy (non-hydrogen) atoms. The van der Waals surface area contributed by atoms with Crippen molar-refractivity contribution in [1.29, 1.82) is 0 Å².